The van der Waals surface area contributed by atoms with Crippen molar-refractivity contribution in [3.63, 3.8) is 0 Å². The number of imidazole rings is 1. The zero-order chi connectivity index (χ0) is 23.2. The van der Waals surface area contributed by atoms with Gasteiger partial charge in [-0.2, -0.15) is 0 Å². The predicted octanol–water partition coefficient (Wildman–Crippen LogP) is 4.21. The van der Waals surface area contributed by atoms with Crippen molar-refractivity contribution < 1.29 is 4.79 Å². The van der Waals surface area contributed by atoms with Gasteiger partial charge in [0.05, 0.1) is 16.7 Å². The Morgan fingerprint density at radius 2 is 1.91 bits per heavy atom. The lowest BCUT2D eigenvalue weighted by Crippen LogP contribution is -2.48. The number of amides is 2. The molecule has 9 nitrogen and oxygen atoms in total. The first kappa shape index (κ1) is 20.9. The highest BCUT2D eigenvalue weighted by Gasteiger charge is 2.28. The summed E-state index contributed by atoms with van der Waals surface area (Å²) in [7, 11) is 2.08. The molecule has 0 bridgehead atoms. The van der Waals surface area contributed by atoms with E-state index in [1.54, 1.807) is 0 Å². The number of nitrogens with one attached hydrogen (secondary N) is 3. The molecular formula is C25H28N8O. The van der Waals surface area contributed by atoms with Gasteiger partial charge in [-0.15, -0.1) is 0 Å². The van der Waals surface area contributed by atoms with Crippen LogP contribution in [0.15, 0.2) is 36.5 Å². The van der Waals surface area contributed by atoms with Crippen molar-refractivity contribution in [2.45, 2.75) is 25.7 Å². The Kier molecular flexibility index (Phi) is 5.06. The minimum absolute atomic E-state index is 0.0971. The van der Waals surface area contributed by atoms with Crippen LogP contribution in [0.1, 0.15) is 30.1 Å². The Hall–Kier alpha value is -3.72. The number of aromatic nitrogens is 4. The molecule has 6 rings (SSSR count). The number of carbonyl (C=O) groups excluding carboxylic acids is 1. The van der Waals surface area contributed by atoms with Crippen molar-refractivity contribution >= 4 is 45.3 Å². The molecule has 1 saturated heterocycles. The lowest BCUT2D eigenvalue weighted by Gasteiger charge is -2.32. The number of para-hydroxylation sites is 1. The van der Waals surface area contributed by atoms with Crippen LogP contribution in [0.3, 0.4) is 0 Å². The average Bonchev–Trinajstić information content (AvgIpc) is 3.59. The van der Waals surface area contributed by atoms with E-state index in [9.17, 15) is 4.79 Å². The largest absolute Gasteiger partial charge is 0.342 e. The summed E-state index contributed by atoms with van der Waals surface area (Å²) in [5, 5.41) is 7.44. The monoisotopic (exact) mass is 456 g/mol. The molecule has 2 aromatic carbocycles. The standard InChI is InChI=1S/C25H28N8O/c1-15-4-3-5-17-14-26-24(31-21(15)17)27-18-12-19-22(30-23(28-19)16-6-7-16)20(13-18)29-25(34)33-10-8-32(2)9-11-33/h3-5,12-14,16H,6-11H2,1-2H3,(H,28,30)(H,29,34)(H,26,27,31). The number of benzene rings is 2. The van der Waals surface area contributed by atoms with Gasteiger partial charge in [0.2, 0.25) is 5.95 Å². The van der Waals surface area contributed by atoms with E-state index in [0.717, 1.165) is 64.9 Å². The molecule has 0 radical (unpaired) electrons. The highest BCUT2D eigenvalue weighted by molar-refractivity contribution is 6.01. The molecule has 2 fully saturated rings. The summed E-state index contributed by atoms with van der Waals surface area (Å²) >= 11 is 0. The molecule has 0 unspecified atom stereocenters. The number of fused-ring (bicyclic) bond motifs is 2. The van der Waals surface area contributed by atoms with Crippen molar-refractivity contribution in [1.29, 1.82) is 0 Å². The molecule has 1 aliphatic carbocycles. The maximum atomic E-state index is 13.0. The van der Waals surface area contributed by atoms with Crippen LogP contribution in [-0.4, -0.2) is 69.0 Å². The SMILES string of the molecule is Cc1cccc2cnc(Nc3cc(NC(=O)N4CCN(C)CC4)c4nc(C5CC5)[nH]c4c3)nc12. The number of hydrogen-bond acceptors (Lipinski definition) is 6. The topological polar surface area (TPSA) is 102 Å². The molecule has 2 amide bonds. The number of H-pyrrole nitrogens is 1. The fourth-order valence-corrected chi connectivity index (χ4v) is 4.45. The number of carbonyl (C=O) groups is 1. The number of anilines is 3. The summed E-state index contributed by atoms with van der Waals surface area (Å²) in [6.07, 6.45) is 4.13. The molecule has 0 spiro atoms. The van der Waals surface area contributed by atoms with Crippen molar-refractivity contribution in [3.8, 4) is 0 Å². The van der Waals surface area contributed by atoms with E-state index < -0.39 is 0 Å². The maximum Gasteiger partial charge on any atom is 0.321 e. The number of urea groups is 1. The highest BCUT2D eigenvalue weighted by Crippen LogP contribution is 2.40. The first-order valence-electron chi connectivity index (χ1n) is 11.8. The number of rotatable bonds is 4. The van der Waals surface area contributed by atoms with Crippen molar-refractivity contribution in [3.05, 3.63) is 47.9 Å². The van der Waals surface area contributed by atoms with Crippen LogP contribution in [0.2, 0.25) is 0 Å². The zero-order valence-electron chi connectivity index (χ0n) is 19.4. The molecule has 3 N–H and O–H groups in total. The van der Waals surface area contributed by atoms with Gasteiger partial charge >= 0.3 is 6.03 Å². The molecule has 9 heteroatoms. The molecule has 2 aromatic heterocycles. The summed E-state index contributed by atoms with van der Waals surface area (Å²) < 4.78 is 0. The van der Waals surface area contributed by atoms with Gasteiger partial charge in [-0.1, -0.05) is 18.2 Å². The summed E-state index contributed by atoms with van der Waals surface area (Å²) in [5.74, 6) is 1.98. The van der Waals surface area contributed by atoms with Gasteiger partial charge in [0.25, 0.3) is 0 Å². The number of aromatic amines is 1. The third-order valence-corrected chi connectivity index (χ3v) is 6.67. The van der Waals surface area contributed by atoms with Crippen LogP contribution in [0.25, 0.3) is 21.9 Å². The number of nitrogens with zero attached hydrogens (tertiary/aromatic N) is 5. The van der Waals surface area contributed by atoms with E-state index in [1.807, 2.05) is 48.4 Å². The van der Waals surface area contributed by atoms with E-state index in [2.05, 4.69) is 32.5 Å². The summed E-state index contributed by atoms with van der Waals surface area (Å²) in [4.78, 5) is 34.6. The van der Waals surface area contributed by atoms with Gasteiger partial charge in [-0.05, 0) is 44.5 Å². The molecule has 34 heavy (non-hydrogen) atoms. The normalized spacial score (nSPS) is 16.8. The van der Waals surface area contributed by atoms with Crippen molar-refractivity contribution in [2.24, 2.45) is 0 Å². The van der Waals surface area contributed by atoms with E-state index in [4.69, 9.17) is 9.97 Å². The quantitative estimate of drug-likeness (QED) is 0.425. The second-order valence-electron chi connectivity index (χ2n) is 9.37. The Morgan fingerprint density at radius 3 is 2.71 bits per heavy atom. The van der Waals surface area contributed by atoms with Gasteiger partial charge in [-0.25, -0.2) is 19.7 Å². The second-order valence-corrected chi connectivity index (χ2v) is 9.37. The van der Waals surface area contributed by atoms with Crippen LogP contribution >= 0.6 is 0 Å². The van der Waals surface area contributed by atoms with Crippen LogP contribution < -0.4 is 10.6 Å². The third-order valence-electron chi connectivity index (χ3n) is 6.67. The smallest absolute Gasteiger partial charge is 0.321 e. The van der Waals surface area contributed by atoms with Gasteiger partial charge in [-0.3, -0.25) is 0 Å². The molecule has 174 valence electrons. The Balaban J connectivity index is 1.33. The number of hydrogen-bond donors (Lipinski definition) is 3. The molecule has 3 heterocycles. The highest BCUT2D eigenvalue weighted by atomic mass is 16.2. The lowest BCUT2D eigenvalue weighted by molar-refractivity contribution is 0.164. The molecular weight excluding hydrogens is 428 g/mol. The van der Waals surface area contributed by atoms with E-state index >= 15 is 0 Å². The maximum absolute atomic E-state index is 13.0. The van der Waals surface area contributed by atoms with Gasteiger partial charge in [0, 0.05) is 49.4 Å². The fourth-order valence-electron chi connectivity index (χ4n) is 4.45. The molecule has 1 saturated carbocycles. The van der Waals surface area contributed by atoms with Gasteiger partial charge in [0.15, 0.2) is 0 Å². The molecule has 1 aliphatic heterocycles. The Morgan fingerprint density at radius 1 is 1.09 bits per heavy atom. The van der Waals surface area contributed by atoms with Gasteiger partial charge in [0.1, 0.15) is 11.3 Å². The van der Waals surface area contributed by atoms with Crippen LogP contribution in [0, 0.1) is 6.92 Å². The molecule has 2 aliphatic rings. The number of piperazine rings is 1. The van der Waals surface area contributed by atoms with Crippen molar-refractivity contribution in [1.82, 2.24) is 29.7 Å². The molecule has 4 aromatic rings. The van der Waals surface area contributed by atoms with Crippen LogP contribution in [0.4, 0.5) is 22.1 Å². The van der Waals surface area contributed by atoms with E-state index in [1.165, 1.54) is 0 Å². The first-order chi connectivity index (χ1) is 16.5. The summed E-state index contributed by atoms with van der Waals surface area (Å²) in [6.45, 7) is 5.21. The Bertz CT molecular complexity index is 1380. The second kappa shape index (κ2) is 8.25. The fraction of sp³-hybridized carbons (Fsp3) is 0.360. The van der Waals surface area contributed by atoms with E-state index in [0.29, 0.717) is 30.6 Å². The minimum atomic E-state index is -0.0971. The van der Waals surface area contributed by atoms with Crippen LogP contribution in [-0.2, 0) is 0 Å². The number of aryl methyl sites for hydroxylation is 1. The summed E-state index contributed by atoms with van der Waals surface area (Å²) in [6, 6.07) is 9.88. The van der Waals surface area contributed by atoms with E-state index in [-0.39, 0.29) is 6.03 Å². The van der Waals surface area contributed by atoms with Gasteiger partial charge < -0.3 is 25.4 Å². The Labute approximate surface area is 197 Å². The van der Waals surface area contributed by atoms with Crippen molar-refractivity contribution in [2.75, 3.05) is 43.9 Å². The lowest BCUT2D eigenvalue weighted by atomic mass is 10.1. The minimum Gasteiger partial charge on any atom is -0.342 e. The number of likely N-dealkylation sites (N-methyl/N-ethyl adjacent to an activating group) is 1. The summed E-state index contributed by atoms with van der Waals surface area (Å²) in [5.41, 5.74) is 5.16. The third kappa shape index (κ3) is 4.03. The average molecular weight is 457 g/mol. The van der Waals surface area contributed by atoms with Crippen LogP contribution in [0.5, 0.6) is 0 Å². The molecule has 0 atom stereocenters. The first-order valence-corrected chi connectivity index (χ1v) is 11.8. The predicted molar refractivity (Wildman–Crippen MR) is 134 cm³/mol. The zero-order valence-corrected chi connectivity index (χ0v) is 19.4.